The molecule has 8 nitrogen and oxygen atoms in total. The molecule has 0 radical (unpaired) electrons. The average molecular weight is 465 g/mol. The SMILES string of the molecule is CCn1c(=O)c(-c2ccc(-c3cncc(C)n3)cc2Cl)cc2cnc(NCCCOC)nc21. The summed E-state index contributed by atoms with van der Waals surface area (Å²) in [6.45, 7) is 5.61. The van der Waals surface area contributed by atoms with Crippen LogP contribution in [-0.4, -0.2) is 44.8 Å². The normalized spacial score (nSPS) is 11.2. The molecule has 0 aliphatic rings. The van der Waals surface area contributed by atoms with Crippen LogP contribution in [0.4, 0.5) is 5.95 Å². The quantitative estimate of drug-likeness (QED) is 0.387. The molecule has 0 fully saturated rings. The Balaban J connectivity index is 1.73. The van der Waals surface area contributed by atoms with E-state index in [1.54, 1.807) is 36.3 Å². The van der Waals surface area contributed by atoms with Crippen molar-refractivity contribution in [2.24, 2.45) is 0 Å². The number of aromatic nitrogens is 5. The van der Waals surface area contributed by atoms with Gasteiger partial charge in [-0.1, -0.05) is 23.7 Å². The van der Waals surface area contributed by atoms with Gasteiger partial charge in [0.15, 0.2) is 0 Å². The monoisotopic (exact) mass is 464 g/mol. The summed E-state index contributed by atoms with van der Waals surface area (Å²) in [5, 5.41) is 4.40. The summed E-state index contributed by atoms with van der Waals surface area (Å²) in [4.78, 5) is 31.0. The standard InChI is InChI=1S/C24H25ClN6O2/c1-4-31-22-17(13-28-24(30-22)27-8-5-9-33-3)10-19(23(31)32)18-7-6-16(11-20(18)25)21-14-26-12-15(2)29-21/h6-7,10-14H,4-5,8-9H2,1-3H3,(H,27,28,30). The molecule has 33 heavy (non-hydrogen) atoms. The molecular weight excluding hydrogens is 440 g/mol. The zero-order valence-corrected chi connectivity index (χ0v) is 19.6. The van der Waals surface area contributed by atoms with Gasteiger partial charge in [-0.15, -0.1) is 0 Å². The van der Waals surface area contributed by atoms with E-state index in [0.717, 1.165) is 28.8 Å². The molecule has 0 atom stereocenters. The number of benzene rings is 1. The molecule has 0 bridgehead atoms. The minimum Gasteiger partial charge on any atom is -0.385 e. The molecule has 1 aromatic carbocycles. The highest BCUT2D eigenvalue weighted by molar-refractivity contribution is 6.33. The van der Waals surface area contributed by atoms with Gasteiger partial charge in [-0.05, 0) is 32.4 Å². The van der Waals surface area contributed by atoms with Crippen molar-refractivity contribution in [1.82, 2.24) is 24.5 Å². The maximum absolute atomic E-state index is 13.4. The maximum Gasteiger partial charge on any atom is 0.260 e. The van der Waals surface area contributed by atoms with Crippen LogP contribution in [0.15, 0.2) is 47.7 Å². The van der Waals surface area contributed by atoms with Crippen LogP contribution in [-0.2, 0) is 11.3 Å². The van der Waals surface area contributed by atoms with Gasteiger partial charge in [0.1, 0.15) is 5.65 Å². The molecule has 0 unspecified atom stereocenters. The third-order valence-corrected chi connectivity index (χ3v) is 5.57. The second-order valence-corrected chi connectivity index (χ2v) is 8.00. The summed E-state index contributed by atoms with van der Waals surface area (Å²) in [7, 11) is 1.67. The first-order valence-corrected chi connectivity index (χ1v) is 11.1. The minimum atomic E-state index is -0.154. The van der Waals surface area contributed by atoms with Crippen molar-refractivity contribution in [2.45, 2.75) is 26.8 Å². The molecule has 3 aromatic heterocycles. The molecule has 3 heterocycles. The second-order valence-electron chi connectivity index (χ2n) is 7.59. The van der Waals surface area contributed by atoms with Crippen molar-refractivity contribution >= 4 is 28.6 Å². The molecule has 9 heteroatoms. The first-order chi connectivity index (χ1) is 16.0. The number of ether oxygens (including phenoxy) is 1. The predicted molar refractivity (Wildman–Crippen MR) is 131 cm³/mol. The highest BCUT2D eigenvalue weighted by Crippen LogP contribution is 2.31. The molecule has 0 saturated heterocycles. The predicted octanol–water partition coefficient (Wildman–Crippen LogP) is 4.35. The molecule has 1 N–H and O–H groups in total. The summed E-state index contributed by atoms with van der Waals surface area (Å²) in [5.74, 6) is 0.481. The Labute approximate surface area is 196 Å². The van der Waals surface area contributed by atoms with Crippen LogP contribution < -0.4 is 10.9 Å². The molecule has 0 aliphatic heterocycles. The van der Waals surface area contributed by atoms with E-state index in [9.17, 15) is 4.79 Å². The number of halogens is 1. The number of aryl methyl sites for hydroxylation is 2. The Bertz CT molecular complexity index is 1350. The smallest absolute Gasteiger partial charge is 0.260 e. The fourth-order valence-electron chi connectivity index (χ4n) is 3.64. The van der Waals surface area contributed by atoms with Crippen LogP contribution in [0.5, 0.6) is 0 Å². The molecule has 0 saturated carbocycles. The Morgan fingerprint density at radius 2 is 1.97 bits per heavy atom. The lowest BCUT2D eigenvalue weighted by Gasteiger charge is -2.13. The fourth-order valence-corrected chi connectivity index (χ4v) is 3.92. The van der Waals surface area contributed by atoms with Crippen molar-refractivity contribution in [3.05, 3.63) is 63.9 Å². The minimum absolute atomic E-state index is 0.154. The molecule has 0 aliphatic carbocycles. The number of hydrogen-bond donors (Lipinski definition) is 1. The number of anilines is 1. The number of fused-ring (bicyclic) bond motifs is 1. The van der Waals surface area contributed by atoms with Crippen molar-refractivity contribution in [3.8, 4) is 22.4 Å². The lowest BCUT2D eigenvalue weighted by atomic mass is 10.0. The van der Waals surface area contributed by atoms with Crippen molar-refractivity contribution in [3.63, 3.8) is 0 Å². The first-order valence-electron chi connectivity index (χ1n) is 10.7. The van der Waals surface area contributed by atoms with Crippen molar-refractivity contribution in [2.75, 3.05) is 25.6 Å². The van der Waals surface area contributed by atoms with Gasteiger partial charge < -0.3 is 10.1 Å². The van der Waals surface area contributed by atoms with E-state index in [-0.39, 0.29) is 5.56 Å². The van der Waals surface area contributed by atoms with Crippen LogP contribution in [0.1, 0.15) is 19.0 Å². The van der Waals surface area contributed by atoms with Crippen LogP contribution in [0.3, 0.4) is 0 Å². The zero-order chi connectivity index (χ0) is 23.4. The number of rotatable bonds is 8. The van der Waals surface area contributed by atoms with Crippen molar-refractivity contribution < 1.29 is 4.74 Å². The highest BCUT2D eigenvalue weighted by atomic mass is 35.5. The Morgan fingerprint density at radius 3 is 2.70 bits per heavy atom. The Hall–Kier alpha value is -3.36. The van der Waals surface area contributed by atoms with E-state index in [1.165, 1.54) is 0 Å². The van der Waals surface area contributed by atoms with Gasteiger partial charge in [-0.3, -0.25) is 14.3 Å². The average Bonchev–Trinajstić information content (AvgIpc) is 2.82. The second kappa shape index (κ2) is 10.1. The van der Waals surface area contributed by atoms with E-state index in [4.69, 9.17) is 16.3 Å². The maximum atomic E-state index is 13.4. The molecule has 4 aromatic rings. The lowest BCUT2D eigenvalue weighted by Crippen LogP contribution is -2.22. The third kappa shape index (κ3) is 4.86. The number of methoxy groups -OCH3 is 1. The number of nitrogens with one attached hydrogen (secondary N) is 1. The third-order valence-electron chi connectivity index (χ3n) is 5.26. The summed E-state index contributed by atoms with van der Waals surface area (Å²) in [6.07, 6.45) is 5.95. The van der Waals surface area contributed by atoms with Gasteiger partial charge in [0.25, 0.3) is 5.56 Å². The van der Waals surface area contributed by atoms with Gasteiger partial charge in [0.05, 0.1) is 17.6 Å². The Kier molecular flexibility index (Phi) is 6.96. The lowest BCUT2D eigenvalue weighted by molar-refractivity contribution is 0.197. The Morgan fingerprint density at radius 1 is 1.12 bits per heavy atom. The summed E-state index contributed by atoms with van der Waals surface area (Å²) < 4.78 is 6.70. The van der Waals surface area contributed by atoms with Gasteiger partial charge in [-0.25, -0.2) is 9.97 Å². The molecule has 170 valence electrons. The van der Waals surface area contributed by atoms with E-state index < -0.39 is 0 Å². The van der Waals surface area contributed by atoms with Gasteiger partial charge >= 0.3 is 0 Å². The van der Waals surface area contributed by atoms with Crippen LogP contribution in [0.2, 0.25) is 5.02 Å². The summed E-state index contributed by atoms with van der Waals surface area (Å²) in [5.41, 5.74) is 3.96. The van der Waals surface area contributed by atoms with Crippen LogP contribution in [0.25, 0.3) is 33.4 Å². The van der Waals surface area contributed by atoms with Crippen LogP contribution >= 0.6 is 11.6 Å². The van der Waals surface area contributed by atoms with E-state index in [2.05, 4.69) is 25.3 Å². The number of pyridine rings is 1. The summed E-state index contributed by atoms with van der Waals surface area (Å²) in [6, 6.07) is 7.35. The number of nitrogens with zero attached hydrogens (tertiary/aromatic N) is 5. The van der Waals surface area contributed by atoms with E-state index >= 15 is 0 Å². The molecule has 4 rings (SSSR count). The van der Waals surface area contributed by atoms with E-state index in [1.807, 2.05) is 32.0 Å². The van der Waals surface area contributed by atoms with Gasteiger partial charge in [-0.2, -0.15) is 4.98 Å². The first kappa shape index (κ1) is 22.8. The molecule has 0 spiro atoms. The largest absolute Gasteiger partial charge is 0.385 e. The van der Waals surface area contributed by atoms with E-state index in [0.29, 0.717) is 47.4 Å². The summed E-state index contributed by atoms with van der Waals surface area (Å²) >= 11 is 6.63. The fraction of sp³-hybridized carbons (Fsp3) is 0.292. The van der Waals surface area contributed by atoms with Crippen molar-refractivity contribution in [1.29, 1.82) is 0 Å². The molecule has 0 amide bonds. The zero-order valence-electron chi connectivity index (χ0n) is 18.8. The topological polar surface area (TPSA) is 94.8 Å². The van der Waals surface area contributed by atoms with Gasteiger partial charge in [0.2, 0.25) is 5.95 Å². The van der Waals surface area contributed by atoms with Gasteiger partial charge in [0, 0.05) is 66.3 Å². The highest BCUT2D eigenvalue weighted by Gasteiger charge is 2.15. The van der Waals surface area contributed by atoms with Crippen LogP contribution in [0, 0.1) is 6.92 Å². The molecular formula is C24H25ClN6O2. The number of hydrogen-bond acceptors (Lipinski definition) is 7.